The third-order valence-corrected chi connectivity index (χ3v) is 6.75. The quantitative estimate of drug-likeness (QED) is 0.270. The van der Waals surface area contributed by atoms with Crippen molar-refractivity contribution >= 4 is 33.8 Å². The smallest absolute Gasteiger partial charge is 0.246 e. The van der Waals surface area contributed by atoms with Crippen LogP contribution in [0.4, 0.5) is 0 Å². The number of imidazole rings is 1. The Kier molecular flexibility index (Phi) is 7.28. The monoisotopic (exact) mass is 526 g/mol. The van der Waals surface area contributed by atoms with E-state index in [1.54, 1.807) is 30.0 Å². The summed E-state index contributed by atoms with van der Waals surface area (Å²) >= 11 is 0. The molecule has 0 bridgehead atoms. The highest BCUT2D eigenvalue weighted by molar-refractivity contribution is 5.88. The lowest BCUT2D eigenvalue weighted by molar-refractivity contribution is -0.138. The number of nitrogens with one attached hydrogen (secondary N) is 1. The van der Waals surface area contributed by atoms with Crippen LogP contribution >= 0.6 is 0 Å². The second kappa shape index (κ2) is 10.8. The highest BCUT2D eigenvalue weighted by Crippen LogP contribution is 2.23. The van der Waals surface area contributed by atoms with Crippen LogP contribution in [0.15, 0.2) is 82.4 Å². The second-order valence-electron chi connectivity index (χ2n) is 11.3. The highest BCUT2D eigenvalue weighted by atomic mass is 16.3. The van der Waals surface area contributed by atoms with Crippen molar-refractivity contribution in [3.8, 4) is 0 Å². The third kappa shape index (κ3) is 6.39. The number of benzene rings is 2. The fourth-order valence-electron chi connectivity index (χ4n) is 4.82. The molecular weight excluding hydrogens is 492 g/mol. The number of nitrogens with zero attached hydrogens (tertiary/aromatic N) is 3. The summed E-state index contributed by atoms with van der Waals surface area (Å²) in [6, 6.07) is 14.9. The first-order valence-electron chi connectivity index (χ1n) is 13.1. The Balaban J connectivity index is 1.47. The van der Waals surface area contributed by atoms with Crippen molar-refractivity contribution in [3.05, 3.63) is 90.4 Å². The minimum absolute atomic E-state index is 0.150. The van der Waals surface area contributed by atoms with Crippen molar-refractivity contribution in [2.75, 3.05) is 0 Å². The van der Waals surface area contributed by atoms with E-state index in [2.05, 4.69) is 10.3 Å². The standard InChI is InChI=1S/C31H34N4O4/c1-31(2,3)16-29(36)33-26(15-25-17-32-20-34(25)4)30(37)35(18-21-5-7-27-23(13-21)9-11-38-27)19-22-6-8-28-24(14-22)10-12-39-28/h5-14,17,20,26H,15-16,18-19H2,1-4H3,(H,33,36)/t26-/m0/s1. The molecule has 0 saturated heterocycles. The van der Waals surface area contributed by atoms with E-state index < -0.39 is 6.04 Å². The van der Waals surface area contributed by atoms with Gasteiger partial charge >= 0.3 is 0 Å². The second-order valence-corrected chi connectivity index (χ2v) is 11.3. The molecule has 3 heterocycles. The van der Waals surface area contributed by atoms with E-state index in [0.717, 1.165) is 38.8 Å². The largest absolute Gasteiger partial charge is 0.464 e. The van der Waals surface area contributed by atoms with Crippen molar-refractivity contribution in [1.82, 2.24) is 19.8 Å². The van der Waals surface area contributed by atoms with E-state index in [1.807, 2.05) is 80.9 Å². The number of hydrogen-bond acceptors (Lipinski definition) is 5. The molecule has 2 aromatic carbocycles. The molecule has 0 aliphatic carbocycles. The van der Waals surface area contributed by atoms with Gasteiger partial charge in [0.05, 0.1) is 18.9 Å². The molecule has 2 amide bonds. The van der Waals surface area contributed by atoms with E-state index in [1.165, 1.54) is 0 Å². The summed E-state index contributed by atoms with van der Waals surface area (Å²) < 4.78 is 12.9. The number of aryl methyl sites for hydroxylation is 1. The normalized spacial score (nSPS) is 12.6. The lowest BCUT2D eigenvalue weighted by Crippen LogP contribution is -2.50. The van der Waals surface area contributed by atoms with Crippen LogP contribution in [0.2, 0.25) is 0 Å². The maximum absolute atomic E-state index is 14.3. The molecule has 0 aliphatic heterocycles. The van der Waals surface area contributed by atoms with Gasteiger partial charge < -0.3 is 23.6 Å². The molecule has 8 nitrogen and oxygen atoms in total. The average molecular weight is 527 g/mol. The first-order chi connectivity index (χ1) is 18.6. The van der Waals surface area contributed by atoms with Crippen LogP contribution in [0.3, 0.4) is 0 Å². The molecule has 8 heteroatoms. The summed E-state index contributed by atoms with van der Waals surface area (Å²) in [7, 11) is 1.89. The van der Waals surface area contributed by atoms with Crippen LogP contribution < -0.4 is 5.32 Å². The zero-order valence-corrected chi connectivity index (χ0v) is 22.8. The number of aromatic nitrogens is 2. The molecule has 202 valence electrons. The summed E-state index contributed by atoms with van der Waals surface area (Å²) in [6.07, 6.45) is 7.41. The van der Waals surface area contributed by atoms with E-state index in [0.29, 0.717) is 25.9 Å². The molecule has 3 aromatic heterocycles. The topological polar surface area (TPSA) is 93.5 Å². The first kappa shape index (κ1) is 26.3. The van der Waals surface area contributed by atoms with Crippen LogP contribution in [0.25, 0.3) is 21.9 Å². The van der Waals surface area contributed by atoms with Crippen LogP contribution in [0, 0.1) is 5.41 Å². The summed E-state index contributed by atoms with van der Waals surface area (Å²) in [5.41, 5.74) is 4.20. The SMILES string of the molecule is Cn1cncc1C[C@H](NC(=O)CC(C)(C)C)C(=O)N(Cc1ccc2occc2c1)Cc1ccc2occc2c1. The Morgan fingerprint density at radius 1 is 0.949 bits per heavy atom. The van der Waals surface area contributed by atoms with Crippen molar-refractivity contribution in [1.29, 1.82) is 0 Å². The molecule has 0 unspecified atom stereocenters. The summed E-state index contributed by atoms with van der Waals surface area (Å²) in [5, 5.41) is 4.99. The van der Waals surface area contributed by atoms with Gasteiger partial charge in [0.15, 0.2) is 0 Å². The van der Waals surface area contributed by atoms with E-state index in [-0.39, 0.29) is 17.2 Å². The van der Waals surface area contributed by atoms with Gasteiger partial charge in [-0.05, 0) is 52.9 Å². The van der Waals surface area contributed by atoms with Gasteiger partial charge in [0.1, 0.15) is 17.2 Å². The minimum atomic E-state index is -0.745. The number of fused-ring (bicyclic) bond motifs is 2. The molecule has 0 aliphatic rings. The van der Waals surface area contributed by atoms with Crippen LogP contribution in [0.1, 0.15) is 44.0 Å². The molecule has 5 rings (SSSR count). The molecule has 5 aromatic rings. The number of amides is 2. The molecule has 1 atom stereocenters. The number of rotatable bonds is 9. The van der Waals surface area contributed by atoms with E-state index in [9.17, 15) is 9.59 Å². The van der Waals surface area contributed by atoms with Crippen molar-refractivity contribution in [2.45, 2.75) is 52.7 Å². The highest BCUT2D eigenvalue weighted by Gasteiger charge is 2.29. The first-order valence-corrected chi connectivity index (χ1v) is 13.1. The third-order valence-electron chi connectivity index (χ3n) is 6.75. The number of hydrogen-bond donors (Lipinski definition) is 1. The minimum Gasteiger partial charge on any atom is -0.464 e. The van der Waals surface area contributed by atoms with Crippen molar-refractivity contribution < 1.29 is 18.4 Å². The van der Waals surface area contributed by atoms with Gasteiger partial charge in [0.2, 0.25) is 11.8 Å². The average Bonchev–Trinajstić information content (AvgIpc) is 3.62. The van der Waals surface area contributed by atoms with E-state index >= 15 is 0 Å². The maximum Gasteiger partial charge on any atom is 0.246 e. The molecular formula is C31H34N4O4. The van der Waals surface area contributed by atoms with Gasteiger partial charge in [-0.15, -0.1) is 0 Å². The summed E-state index contributed by atoms with van der Waals surface area (Å²) in [5.74, 6) is -0.305. The van der Waals surface area contributed by atoms with Gasteiger partial charge in [-0.2, -0.15) is 0 Å². The maximum atomic E-state index is 14.3. The molecule has 0 spiro atoms. The number of carbonyl (C=O) groups excluding carboxylic acids is 2. The van der Waals surface area contributed by atoms with E-state index in [4.69, 9.17) is 8.83 Å². The van der Waals surface area contributed by atoms with Gasteiger partial charge in [-0.3, -0.25) is 9.59 Å². The van der Waals surface area contributed by atoms with Crippen LogP contribution in [-0.4, -0.2) is 32.3 Å². The molecule has 0 saturated carbocycles. The van der Waals surface area contributed by atoms with Crippen LogP contribution in [-0.2, 0) is 36.1 Å². The fourth-order valence-corrected chi connectivity index (χ4v) is 4.82. The molecule has 0 fully saturated rings. The van der Waals surface area contributed by atoms with Crippen LogP contribution in [0.5, 0.6) is 0 Å². The Morgan fingerprint density at radius 2 is 1.54 bits per heavy atom. The van der Waals surface area contributed by atoms with Gasteiger partial charge in [0.25, 0.3) is 0 Å². The van der Waals surface area contributed by atoms with Gasteiger partial charge in [0, 0.05) is 55.6 Å². The summed E-state index contributed by atoms with van der Waals surface area (Å²) in [4.78, 5) is 33.3. The predicted molar refractivity (Wildman–Crippen MR) is 150 cm³/mol. The van der Waals surface area contributed by atoms with Crippen molar-refractivity contribution in [3.63, 3.8) is 0 Å². The van der Waals surface area contributed by atoms with Crippen molar-refractivity contribution in [2.24, 2.45) is 12.5 Å². The Bertz CT molecular complexity index is 1530. The van der Waals surface area contributed by atoms with Gasteiger partial charge in [-0.1, -0.05) is 32.9 Å². The zero-order chi connectivity index (χ0) is 27.6. The fraction of sp³-hybridized carbons (Fsp3) is 0.323. The molecule has 1 N–H and O–H groups in total. The Labute approximate surface area is 227 Å². The Morgan fingerprint density at radius 3 is 2.05 bits per heavy atom. The number of furan rings is 2. The molecule has 39 heavy (non-hydrogen) atoms. The predicted octanol–water partition coefficient (Wildman–Crippen LogP) is 5.61. The molecule has 0 radical (unpaired) electrons. The zero-order valence-electron chi connectivity index (χ0n) is 22.8. The number of carbonyl (C=O) groups is 2. The lowest BCUT2D eigenvalue weighted by Gasteiger charge is -2.29. The lowest BCUT2D eigenvalue weighted by atomic mass is 9.91. The Hall–Kier alpha value is -4.33. The van der Waals surface area contributed by atoms with Gasteiger partial charge in [-0.25, -0.2) is 4.98 Å². The summed E-state index contributed by atoms with van der Waals surface area (Å²) in [6.45, 7) is 6.78.